The monoisotopic (exact) mass is 282 g/mol. The molecule has 0 aromatic heterocycles. The van der Waals surface area contributed by atoms with Crippen LogP contribution in [0.4, 0.5) is 8.78 Å². The Bertz CT molecular complexity index is 575. The van der Waals surface area contributed by atoms with Gasteiger partial charge in [0.25, 0.3) is 0 Å². The second-order valence-electron chi connectivity index (χ2n) is 4.28. The number of aryl methyl sites for hydroxylation is 1. The molecule has 1 unspecified atom stereocenters. The predicted octanol–water partition coefficient (Wildman–Crippen LogP) is 4.61. The Kier molecular flexibility index (Phi) is 4.05. The summed E-state index contributed by atoms with van der Waals surface area (Å²) >= 11 is 6.19. The standard InChI is InChI=1S/C15H13ClF2O/c1-9-4-3-5-10(6-9)15(16)14-12(17)7-11(19-2)8-13(14)18/h3-8,15H,1-2H3. The summed E-state index contributed by atoms with van der Waals surface area (Å²) in [6, 6.07) is 9.51. The number of ether oxygens (including phenoxy) is 1. The van der Waals surface area contributed by atoms with Crippen molar-refractivity contribution in [3.8, 4) is 5.75 Å². The molecular formula is C15H13ClF2O. The van der Waals surface area contributed by atoms with E-state index in [1.807, 2.05) is 13.0 Å². The molecule has 0 aliphatic heterocycles. The average molecular weight is 283 g/mol. The van der Waals surface area contributed by atoms with Crippen molar-refractivity contribution < 1.29 is 13.5 Å². The molecule has 1 nitrogen and oxygen atoms in total. The summed E-state index contributed by atoms with van der Waals surface area (Å²) < 4.78 is 32.7. The molecular weight excluding hydrogens is 270 g/mol. The van der Waals surface area contributed by atoms with Gasteiger partial charge in [0, 0.05) is 17.7 Å². The van der Waals surface area contributed by atoms with Crippen molar-refractivity contribution in [2.75, 3.05) is 7.11 Å². The van der Waals surface area contributed by atoms with Gasteiger partial charge in [-0.15, -0.1) is 11.6 Å². The minimum atomic E-state index is -0.870. The van der Waals surface area contributed by atoms with Crippen LogP contribution in [0.3, 0.4) is 0 Å². The van der Waals surface area contributed by atoms with Crippen LogP contribution in [-0.4, -0.2) is 7.11 Å². The van der Waals surface area contributed by atoms with Gasteiger partial charge >= 0.3 is 0 Å². The quantitative estimate of drug-likeness (QED) is 0.747. The molecule has 1 atom stereocenters. The van der Waals surface area contributed by atoms with Crippen molar-refractivity contribution in [2.45, 2.75) is 12.3 Å². The van der Waals surface area contributed by atoms with Gasteiger partial charge in [0.15, 0.2) is 0 Å². The predicted molar refractivity (Wildman–Crippen MR) is 71.8 cm³/mol. The molecule has 0 spiro atoms. The first-order valence-corrected chi connectivity index (χ1v) is 6.20. The number of halogens is 3. The lowest BCUT2D eigenvalue weighted by molar-refractivity contribution is 0.405. The second kappa shape index (κ2) is 5.57. The first-order chi connectivity index (χ1) is 9.02. The van der Waals surface area contributed by atoms with E-state index < -0.39 is 17.0 Å². The summed E-state index contributed by atoms with van der Waals surface area (Å²) in [5, 5.41) is -0.870. The molecule has 2 rings (SSSR count). The molecule has 0 saturated carbocycles. The van der Waals surface area contributed by atoms with E-state index in [0.29, 0.717) is 5.56 Å². The highest BCUT2D eigenvalue weighted by Gasteiger charge is 2.21. The highest BCUT2D eigenvalue weighted by molar-refractivity contribution is 6.22. The van der Waals surface area contributed by atoms with Gasteiger partial charge in [0.2, 0.25) is 0 Å². The van der Waals surface area contributed by atoms with Crippen LogP contribution >= 0.6 is 11.6 Å². The zero-order valence-corrected chi connectivity index (χ0v) is 11.3. The SMILES string of the molecule is COc1cc(F)c(C(Cl)c2cccc(C)c2)c(F)c1. The van der Waals surface area contributed by atoms with Crippen molar-refractivity contribution in [2.24, 2.45) is 0 Å². The van der Waals surface area contributed by atoms with Gasteiger partial charge in [-0.3, -0.25) is 0 Å². The number of hydrogen-bond acceptors (Lipinski definition) is 1. The smallest absolute Gasteiger partial charge is 0.134 e. The molecule has 4 heteroatoms. The molecule has 2 aromatic carbocycles. The minimum Gasteiger partial charge on any atom is -0.497 e. The Labute approximate surface area is 115 Å². The van der Waals surface area contributed by atoms with Crippen LogP contribution in [0.2, 0.25) is 0 Å². The first-order valence-electron chi connectivity index (χ1n) is 5.76. The largest absolute Gasteiger partial charge is 0.497 e. The Hall–Kier alpha value is -1.61. The van der Waals surface area contributed by atoms with Gasteiger partial charge in [-0.05, 0) is 12.5 Å². The van der Waals surface area contributed by atoms with E-state index in [-0.39, 0.29) is 11.3 Å². The Balaban J connectivity index is 2.47. The van der Waals surface area contributed by atoms with Gasteiger partial charge in [-0.2, -0.15) is 0 Å². The molecule has 0 heterocycles. The van der Waals surface area contributed by atoms with Crippen LogP contribution in [0.25, 0.3) is 0 Å². The zero-order chi connectivity index (χ0) is 14.0. The zero-order valence-electron chi connectivity index (χ0n) is 10.6. The van der Waals surface area contributed by atoms with Crippen LogP contribution in [-0.2, 0) is 0 Å². The molecule has 0 saturated heterocycles. The van der Waals surface area contributed by atoms with Crippen LogP contribution in [0.1, 0.15) is 22.1 Å². The Morgan fingerprint density at radius 2 is 1.74 bits per heavy atom. The second-order valence-corrected chi connectivity index (χ2v) is 4.72. The number of methoxy groups -OCH3 is 1. The maximum Gasteiger partial charge on any atom is 0.134 e. The van der Waals surface area contributed by atoms with Gasteiger partial charge in [0.05, 0.1) is 12.5 Å². The summed E-state index contributed by atoms with van der Waals surface area (Å²) in [6.07, 6.45) is 0. The lowest BCUT2D eigenvalue weighted by Gasteiger charge is -2.14. The number of rotatable bonds is 3. The summed E-state index contributed by atoms with van der Waals surface area (Å²) in [5.41, 5.74) is 1.48. The minimum absolute atomic E-state index is 0.131. The van der Waals surface area contributed by atoms with Crippen LogP contribution < -0.4 is 4.74 Å². The molecule has 0 radical (unpaired) electrons. The van der Waals surface area contributed by atoms with Crippen molar-refractivity contribution in [3.63, 3.8) is 0 Å². The number of hydrogen-bond donors (Lipinski definition) is 0. The summed E-state index contributed by atoms with van der Waals surface area (Å²) in [5.74, 6) is -1.29. The molecule has 0 N–H and O–H groups in total. The highest BCUT2D eigenvalue weighted by atomic mass is 35.5. The third-order valence-electron chi connectivity index (χ3n) is 2.88. The molecule has 0 aliphatic carbocycles. The average Bonchev–Trinajstić information content (AvgIpc) is 2.37. The normalized spacial score (nSPS) is 12.3. The van der Waals surface area contributed by atoms with Crippen LogP contribution in [0.15, 0.2) is 36.4 Å². The van der Waals surface area contributed by atoms with Gasteiger partial charge < -0.3 is 4.74 Å². The maximum absolute atomic E-state index is 13.9. The van der Waals surface area contributed by atoms with E-state index in [0.717, 1.165) is 17.7 Å². The third-order valence-corrected chi connectivity index (χ3v) is 3.35. The molecule has 0 aliphatic rings. The Morgan fingerprint density at radius 1 is 1.11 bits per heavy atom. The van der Waals surface area contributed by atoms with E-state index in [2.05, 4.69) is 0 Å². The molecule has 2 aromatic rings. The molecule has 100 valence electrons. The van der Waals surface area contributed by atoms with E-state index in [9.17, 15) is 8.78 Å². The summed E-state index contributed by atoms with van der Waals surface area (Å²) in [7, 11) is 1.35. The number of alkyl halides is 1. The van der Waals surface area contributed by atoms with Gasteiger partial charge in [-0.25, -0.2) is 8.78 Å². The first kappa shape index (κ1) is 13.8. The fourth-order valence-electron chi connectivity index (χ4n) is 1.92. The van der Waals surface area contributed by atoms with Crippen molar-refractivity contribution in [1.82, 2.24) is 0 Å². The lowest BCUT2D eigenvalue weighted by Crippen LogP contribution is -2.02. The fourth-order valence-corrected chi connectivity index (χ4v) is 2.26. The van der Waals surface area contributed by atoms with E-state index in [1.165, 1.54) is 7.11 Å². The Morgan fingerprint density at radius 3 is 2.26 bits per heavy atom. The fraction of sp³-hybridized carbons (Fsp3) is 0.200. The van der Waals surface area contributed by atoms with E-state index in [1.54, 1.807) is 18.2 Å². The topological polar surface area (TPSA) is 9.23 Å². The van der Waals surface area contributed by atoms with Gasteiger partial charge in [-0.1, -0.05) is 29.8 Å². The van der Waals surface area contributed by atoms with Crippen molar-refractivity contribution >= 4 is 11.6 Å². The molecule has 19 heavy (non-hydrogen) atoms. The maximum atomic E-state index is 13.9. The summed E-state index contributed by atoms with van der Waals surface area (Å²) in [4.78, 5) is 0. The van der Waals surface area contributed by atoms with E-state index in [4.69, 9.17) is 16.3 Å². The van der Waals surface area contributed by atoms with Crippen molar-refractivity contribution in [3.05, 3.63) is 64.7 Å². The lowest BCUT2D eigenvalue weighted by atomic mass is 10.0. The summed E-state index contributed by atoms with van der Waals surface area (Å²) in [6.45, 7) is 1.90. The highest BCUT2D eigenvalue weighted by Crippen LogP contribution is 2.34. The molecule has 0 amide bonds. The van der Waals surface area contributed by atoms with E-state index >= 15 is 0 Å². The number of benzene rings is 2. The molecule has 0 bridgehead atoms. The van der Waals surface area contributed by atoms with Crippen LogP contribution in [0, 0.1) is 18.6 Å². The van der Waals surface area contributed by atoms with Crippen molar-refractivity contribution in [1.29, 1.82) is 0 Å². The van der Waals surface area contributed by atoms with Gasteiger partial charge in [0.1, 0.15) is 17.4 Å². The molecule has 0 fully saturated rings. The third kappa shape index (κ3) is 2.87. The van der Waals surface area contributed by atoms with Crippen LogP contribution in [0.5, 0.6) is 5.75 Å².